The maximum atomic E-state index is 13.3. The summed E-state index contributed by atoms with van der Waals surface area (Å²) in [5.74, 6) is -0.464. The van der Waals surface area contributed by atoms with Crippen LogP contribution in [0.4, 0.5) is 11.4 Å². The molecule has 29 heavy (non-hydrogen) atoms. The minimum Gasteiger partial charge on any atom is -0.338 e. The number of likely N-dealkylation sites (tertiary alicyclic amines) is 1. The van der Waals surface area contributed by atoms with E-state index < -0.39 is 15.7 Å². The Morgan fingerprint density at radius 3 is 2.41 bits per heavy atom. The number of hydrogen-bond acceptors (Lipinski definition) is 4. The van der Waals surface area contributed by atoms with Crippen LogP contribution < -0.4 is 4.90 Å². The number of aryl methyl sites for hydroxylation is 1. The molecule has 1 amide bonds. The molecule has 0 radical (unpaired) electrons. The minimum absolute atomic E-state index is 0.0569. The van der Waals surface area contributed by atoms with Crippen molar-refractivity contribution in [1.29, 1.82) is 0 Å². The van der Waals surface area contributed by atoms with E-state index in [4.69, 9.17) is 23.2 Å². The smallest absolute Gasteiger partial charge is 0.267 e. The third-order valence-corrected chi connectivity index (χ3v) is 7.72. The van der Waals surface area contributed by atoms with Crippen LogP contribution in [0.3, 0.4) is 0 Å². The molecular formula is C21H20Cl2N2O3S. The molecule has 5 nitrogen and oxygen atoms in total. The molecule has 1 fully saturated rings. The molecule has 0 N–H and O–H groups in total. The molecule has 0 unspecified atom stereocenters. The molecule has 2 aliphatic rings. The van der Waals surface area contributed by atoms with Gasteiger partial charge in [-0.15, -0.1) is 0 Å². The van der Waals surface area contributed by atoms with Crippen LogP contribution in [-0.2, 0) is 14.6 Å². The number of hydrogen-bond donors (Lipinski definition) is 0. The molecule has 2 aromatic rings. The summed E-state index contributed by atoms with van der Waals surface area (Å²) < 4.78 is 26.6. The maximum Gasteiger partial charge on any atom is 0.267 e. The quantitative estimate of drug-likeness (QED) is 0.639. The van der Waals surface area contributed by atoms with Gasteiger partial charge in [0.15, 0.2) is 4.91 Å². The van der Waals surface area contributed by atoms with Crippen molar-refractivity contribution in [3.8, 4) is 0 Å². The predicted octanol–water partition coefficient (Wildman–Crippen LogP) is 5.08. The normalized spacial score (nSPS) is 18.2. The Labute approximate surface area is 180 Å². The summed E-state index contributed by atoms with van der Waals surface area (Å²) in [7, 11) is -3.97. The van der Waals surface area contributed by atoms with Gasteiger partial charge in [0, 0.05) is 35.0 Å². The SMILES string of the molecule is Cc1ccc(N2C=C(C(=O)N3CCCCC3)S(=O)(=O)c3ccc(Cl)cc32)cc1Cl. The van der Waals surface area contributed by atoms with E-state index in [2.05, 4.69) is 0 Å². The highest BCUT2D eigenvalue weighted by Crippen LogP contribution is 2.42. The summed E-state index contributed by atoms with van der Waals surface area (Å²) >= 11 is 12.5. The Hall–Kier alpha value is -2.02. The number of carbonyl (C=O) groups excluding carboxylic acids is 1. The van der Waals surface area contributed by atoms with Crippen molar-refractivity contribution in [2.75, 3.05) is 18.0 Å². The number of anilines is 2. The standard InChI is InChI=1S/C21H20Cl2N2O3S/c1-14-5-7-16(12-17(14)23)25-13-20(21(26)24-9-3-2-4-10-24)29(27,28)19-8-6-15(22)11-18(19)25/h5-8,11-13H,2-4,9-10H2,1H3. The second-order valence-corrected chi connectivity index (χ2v) is 10.00. The fourth-order valence-corrected chi connectivity index (χ4v) is 5.51. The Morgan fingerprint density at radius 2 is 1.72 bits per heavy atom. The minimum atomic E-state index is -3.97. The lowest BCUT2D eigenvalue weighted by Gasteiger charge is -2.32. The van der Waals surface area contributed by atoms with Gasteiger partial charge in [-0.05, 0) is 62.1 Å². The second-order valence-electron chi connectivity index (χ2n) is 7.27. The van der Waals surface area contributed by atoms with Gasteiger partial charge in [-0.25, -0.2) is 8.42 Å². The zero-order chi connectivity index (χ0) is 20.8. The molecule has 0 atom stereocenters. The average Bonchev–Trinajstić information content (AvgIpc) is 2.70. The third kappa shape index (κ3) is 3.65. The molecule has 152 valence electrons. The van der Waals surface area contributed by atoms with E-state index in [9.17, 15) is 13.2 Å². The van der Waals surface area contributed by atoms with E-state index >= 15 is 0 Å². The van der Waals surface area contributed by atoms with Crippen LogP contribution in [0.1, 0.15) is 24.8 Å². The highest BCUT2D eigenvalue weighted by molar-refractivity contribution is 7.96. The van der Waals surface area contributed by atoms with E-state index in [0.717, 1.165) is 24.8 Å². The van der Waals surface area contributed by atoms with Crippen LogP contribution in [0.25, 0.3) is 0 Å². The number of benzene rings is 2. The van der Waals surface area contributed by atoms with E-state index in [-0.39, 0.29) is 9.80 Å². The van der Waals surface area contributed by atoms with Gasteiger partial charge in [0.05, 0.1) is 10.6 Å². The van der Waals surface area contributed by atoms with Crippen LogP contribution in [0.2, 0.25) is 10.0 Å². The molecule has 0 aromatic heterocycles. The first-order valence-corrected chi connectivity index (χ1v) is 11.6. The highest BCUT2D eigenvalue weighted by Gasteiger charge is 2.38. The summed E-state index contributed by atoms with van der Waals surface area (Å²) in [4.78, 5) is 16.3. The largest absolute Gasteiger partial charge is 0.338 e. The Balaban J connectivity index is 1.89. The van der Waals surface area contributed by atoms with E-state index in [1.54, 1.807) is 21.9 Å². The fourth-order valence-electron chi connectivity index (χ4n) is 3.65. The van der Waals surface area contributed by atoms with Crippen molar-refractivity contribution in [2.24, 2.45) is 0 Å². The summed E-state index contributed by atoms with van der Waals surface area (Å²) in [6, 6.07) is 9.99. The monoisotopic (exact) mass is 450 g/mol. The van der Waals surface area contributed by atoms with Crippen LogP contribution in [0.15, 0.2) is 52.4 Å². The average molecular weight is 451 g/mol. The lowest BCUT2D eigenvalue weighted by Crippen LogP contribution is -2.39. The number of carbonyl (C=O) groups is 1. The van der Waals surface area contributed by atoms with Gasteiger partial charge in [-0.1, -0.05) is 29.3 Å². The first kappa shape index (κ1) is 20.3. The molecule has 2 aromatic carbocycles. The Kier molecular flexibility index (Phi) is 5.36. The molecule has 0 bridgehead atoms. The molecule has 4 rings (SSSR count). The summed E-state index contributed by atoms with van der Waals surface area (Å²) in [5.41, 5.74) is 1.95. The first-order valence-electron chi connectivity index (χ1n) is 9.40. The number of fused-ring (bicyclic) bond motifs is 1. The Bertz CT molecular complexity index is 1120. The zero-order valence-electron chi connectivity index (χ0n) is 15.9. The van der Waals surface area contributed by atoms with Gasteiger partial charge >= 0.3 is 0 Å². The lowest BCUT2D eigenvalue weighted by molar-refractivity contribution is -0.127. The van der Waals surface area contributed by atoms with Gasteiger partial charge in [0.2, 0.25) is 9.84 Å². The van der Waals surface area contributed by atoms with Crippen LogP contribution in [0, 0.1) is 6.92 Å². The number of rotatable bonds is 2. The highest BCUT2D eigenvalue weighted by atomic mass is 35.5. The van der Waals surface area contributed by atoms with Crippen LogP contribution >= 0.6 is 23.2 Å². The van der Waals surface area contributed by atoms with Gasteiger partial charge in [-0.3, -0.25) is 4.79 Å². The van der Waals surface area contributed by atoms with Gasteiger partial charge in [-0.2, -0.15) is 0 Å². The second kappa shape index (κ2) is 7.67. The number of halogens is 2. The molecule has 8 heteroatoms. The van der Waals surface area contributed by atoms with Crippen LogP contribution in [-0.4, -0.2) is 32.3 Å². The predicted molar refractivity (Wildman–Crippen MR) is 115 cm³/mol. The molecule has 2 aliphatic heterocycles. The molecular weight excluding hydrogens is 431 g/mol. The van der Waals surface area contributed by atoms with Gasteiger partial charge in [0.1, 0.15) is 0 Å². The van der Waals surface area contributed by atoms with E-state index in [1.807, 2.05) is 19.1 Å². The molecule has 0 aliphatic carbocycles. The Morgan fingerprint density at radius 1 is 1.00 bits per heavy atom. The third-order valence-electron chi connectivity index (χ3n) is 5.29. The van der Waals surface area contributed by atoms with Crippen molar-refractivity contribution in [1.82, 2.24) is 4.90 Å². The summed E-state index contributed by atoms with van der Waals surface area (Å²) in [5, 5.41) is 0.957. The van der Waals surface area contributed by atoms with Crippen molar-refractivity contribution in [3.05, 3.63) is 63.1 Å². The molecule has 2 heterocycles. The van der Waals surface area contributed by atoms with Crippen molar-refractivity contribution in [3.63, 3.8) is 0 Å². The van der Waals surface area contributed by atoms with Crippen molar-refractivity contribution < 1.29 is 13.2 Å². The fraction of sp³-hybridized carbons (Fsp3) is 0.286. The zero-order valence-corrected chi connectivity index (χ0v) is 18.2. The van der Waals surface area contributed by atoms with Crippen LogP contribution in [0.5, 0.6) is 0 Å². The van der Waals surface area contributed by atoms with Crippen molar-refractivity contribution in [2.45, 2.75) is 31.1 Å². The number of amides is 1. The molecule has 1 saturated heterocycles. The maximum absolute atomic E-state index is 13.3. The topological polar surface area (TPSA) is 57.7 Å². The van der Waals surface area contributed by atoms with Crippen molar-refractivity contribution >= 4 is 50.3 Å². The molecule has 0 saturated carbocycles. The van der Waals surface area contributed by atoms with Gasteiger partial charge < -0.3 is 9.80 Å². The first-order chi connectivity index (χ1) is 13.8. The van der Waals surface area contributed by atoms with E-state index in [1.165, 1.54) is 18.3 Å². The number of sulfone groups is 1. The summed E-state index contributed by atoms with van der Waals surface area (Å²) in [6.45, 7) is 3.02. The summed E-state index contributed by atoms with van der Waals surface area (Å²) in [6.07, 6.45) is 4.20. The van der Waals surface area contributed by atoms with E-state index in [0.29, 0.717) is 34.5 Å². The molecule has 0 spiro atoms. The number of piperidine rings is 1. The van der Waals surface area contributed by atoms with Gasteiger partial charge in [0.25, 0.3) is 5.91 Å². The lowest BCUT2D eigenvalue weighted by atomic mass is 10.1. The number of nitrogens with zero attached hydrogens (tertiary/aromatic N) is 2.